The number of hydrogen-bond acceptors (Lipinski definition) is 6. The third kappa shape index (κ3) is 3.71. The molecule has 3 rings (SSSR count). The Bertz CT molecular complexity index is 931. The summed E-state index contributed by atoms with van der Waals surface area (Å²) in [5, 5.41) is 4.76. The van der Waals surface area contributed by atoms with Gasteiger partial charge in [0.1, 0.15) is 5.75 Å². The van der Waals surface area contributed by atoms with Crippen molar-refractivity contribution in [3.63, 3.8) is 0 Å². The van der Waals surface area contributed by atoms with E-state index < -0.39 is 0 Å². The maximum atomic E-state index is 12.4. The second kappa shape index (κ2) is 7.06. The van der Waals surface area contributed by atoms with Gasteiger partial charge < -0.3 is 14.2 Å². The Hall–Kier alpha value is -2.67. The summed E-state index contributed by atoms with van der Waals surface area (Å²) < 4.78 is 10.8. The van der Waals surface area contributed by atoms with Crippen molar-refractivity contribution in [2.45, 2.75) is 33.4 Å². The van der Waals surface area contributed by atoms with Gasteiger partial charge in [-0.05, 0) is 52.1 Å². The zero-order chi connectivity index (χ0) is 18.0. The van der Waals surface area contributed by atoms with Gasteiger partial charge in [0.05, 0.1) is 12.6 Å². The normalized spacial score (nSPS) is 12.7. The van der Waals surface area contributed by atoms with Crippen LogP contribution in [0.3, 0.4) is 0 Å². The molecule has 2 aromatic heterocycles. The van der Waals surface area contributed by atoms with E-state index in [0.717, 1.165) is 16.7 Å². The molecule has 7 nitrogen and oxygen atoms in total. The molecule has 132 valence electrons. The Labute approximate surface area is 145 Å². The van der Waals surface area contributed by atoms with E-state index in [9.17, 15) is 4.79 Å². The van der Waals surface area contributed by atoms with E-state index in [1.807, 2.05) is 50.1 Å². The molecule has 0 unspecified atom stereocenters. The average Bonchev–Trinajstić information content (AvgIpc) is 3.01. The molecule has 0 aliphatic carbocycles. The number of aryl methyl sites for hydroxylation is 1. The summed E-state index contributed by atoms with van der Waals surface area (Å²) in [5.74, 6) is 1.93. The summed E-state index contributed by atoms with van der Waals surface area (Å²) in [5.41, 5.74) is 1.37. The van der Waals surface area contributed by atoms with Crippen LogP contribution in [0.25, 0.3) is 10.9 Å². The van der Waals surface area contributed by atoms with Crippen LogP contribution in [0.4, 0.5) is 0 Å². The van der Waals surface area contributed by atoms with Gasteiger partial charge in [-0.15, -0.1) is 0 Å². The summed E-state index contributed by atoms with van der Waals surface area (Å²) in [7, 11) is 1.92. The zero-order valence-corrected chi connectivity index (χ0v) is 14.9. The standard InChI is InChI=1S/C18H22N4O3/c1-5-24-15-6-7-16-13(9-15)8-14(17(23)20-16)10-22(4)11(2)18-19-12(3)21-25-18/h6-9,11H,5,10H2,1-4H3,(H,20,23)/t11-/m1/s1. The predicted octanol–water partition coefficient (Wildman–Crippen LogP) is 2.81. The van der Waals surface area contributed by atoms with E-state index in [2.05, 4.69) is 15.1 Å². The van der Waals surface area contributed by atoms with Gasteiger partial charge in [0, 0.05) is 23.0 Å². The molecule has 7 heteroatoms. The topological polar surface area (TPSA) is 84.3 Å². The first-order valence-corrected chi connectivity index (χ1v) is 8.27. The minimum atomic E-state index is -0.0996. The van der Waals surface area contributed by atoms with E-state index >= 15 is 0 Å². The molecule has 0 aliphatic rings. The molecule has 0 amide bonds. The van der Waals surface area contributed by atoms with Gasteiger partial charge in [0.2, 0.25) is 5.89 Å². The number of H-pyrrole nitrogens is 1. The van der Waals surface area contributed by atoms with Gasteiger partial charge in [0.15, 0.2) is 5.82 Å². The minimum absolute atomic E-state index is 0.0916. The monoisotopic (exact) mass is 342 g/mol. The molecular formula is C18H22N4O3. The van der Waals surface area contributed by atoms with Gasteiger partial charge in [0.25, 0.3) is 5.56 Å². The second-order valence-corrected chi connectivity index (χ2v) is 6.08. The summed E-state index contributed by atoms with van der Waals surface area (Å²) in [6, 6.07) is 7.46. The van der Waals surface area contributed by atoms with Gasteiger partial charge in [-0.3, -0.25) is 9.69 Å². The van der Waals surface area contributed by atoms with E-state index in [-0.39, 0.29) is 11.6 Å². The number of pyridine rings is 1. The van der Waals surface area contributed by atoms with Crippen molar-refractivity contribution in [2.24, 2.45) is 0 Å². The molecule has 0 fully saturated rings. The SMILES string of the molecule is CCOc1ccc2[nH]c(=O)c(CN(C)[C@H](C)c3nc(C)no3)cc2c1. The fourth-order valence-corrected chi connectivity index (χ4v) is 2.68. The fraction of sp³-hybridized carbons (Fsp3) is 0.389. The van der Waals surface area contributed by atoms with Gasteiger partial charge in [-0.25, -0.2) is 0 Å². The van der Waals surface area contributed by atoms with Crippen LogP contribution < -0.4 is 10.3 Å². The van der Waals surface area contributed by atoms with Crippen LogP contribution in [0.1, 0.15) is 37.2 Å². The van der Waals surface area contributed by atoms with Gasteiger partial charge in [-0.2, -0.15) is 4.98 Å². The van der Waals surface area contributed by atoms with Crippen molar-refractivity contribution in [3.8, 4) is 5.75 Å². The molecule has 1 aromatic carbocycles. The van der Waals surface area contributed by atoms with Crippen molar-refractivity contribution in [1.29, 1.82) is 0 Å². The highest BCUT2D eigenvalue weighted by atomic mass is 16.5. The maximum absolute atomic E-state index is 12.4. The Kier molecular flexibility index (Phi) is 4.85. The van der Waals surface area contributed by atoms with Crippen LogP contribution in [0.2, 0.25) is 0 Å². The molecule has 0 spiro atoms. The highest BCUT2D eigenvalue weighted by Crippen LogP contribution is 2.21. The van der Waals surface area contributed by atoms with E-state index in [1.165, 1.54) is 0 Å². The molecule has 0 saturated carbocycles. The van der Waals surface area contributed by atoms with E-state index in [0.29, 0.717) is 30.4 Å². The van der Waals surface area contributed by atoms with Crippen molar-refractivity contribution in [1.82, 2.24) is 20.0 Å². The van der Waals surface area contributed by atoms with Crippen LogP contribution in [0.5, 0.6) is 5.75 Å². The van der Waals surface area contributed by atoms with Crippen molar-refractivity contribution in [2.75, 3.05) is 13.7 Å². The summed E-state index contributed by atoms with van der Waals surface area (Å²) in [6.45, 7) is 6.76. The first kappa shape index (κ1) is 17.2. The Morgan fingerprint density at radius 3 is 2.84 bits per heavy atom. The zero-order valence-electron chi connectivity index (χ0n) is 14.9. The van der Waals surface area contributed by atoms with Gasteiger partial charge >= 0.3 is 0 Å². The average molecular weight is 342 g/mol. The van der Waals surface area contributed by atoms with Crippen molar-refractivity contribution >= 4 is 10.9 Å². The number of aromatic amines is 1. The number of nitrogens with one attached hydrogen (secondary N) is 1. The van der Waals surface area contributed by atoms with Crippen LogP contribution in [-0.2, 0) is 6.54 Å². The molecule has 0 radical (unpaired) electrons. The summed E-state index contributed by atoms with van der Waals surface area (Å²) >= 11 is 0. The molecule has 1 N–H and O–H groups in total. The largest absolute Gasteiger partial charge is 0.494 e. The first-order chi connectivity index (χ1) is 12.0. The molecule has 1 atom stereocenters. The number of ether oxygens (including phenoxy) is 1. The summed E-state index contributed by atoms with van der Waals surface area (Å²) in [6.07, 6.45) is 0. The van der Waals surface area contributed by atoms with Gasteiger partial charge in [-0.1, -0.05) is 5.16 Å². The van der Waals surface area contributed by atoms with Crippen molar-refractivity contribution < 1.29 is 9.26 Å². The minimum Gasteiger partial charge on any atom is -0.494 e. The van der Waals surface area contributed by atoms with E-state index in [4.69, 9.17) is 9.26 Å². The number of nitrogens with zero attached hydrogens (tertiary/aromatic N) is 3. The Balaban J connectivity index is 1.86. The number of rotatable bonds is 6. The van der Waals surface area contributed by atoms with Crippen LogP contribution in [-0.4, -0.2) is 33.7 Å². The smallest absolute Gasteiger partial charge is 0.252 e. The van der Waals surface area contributed by atoms with Crippen LogP contribution in [0.15, 0.2) is 33.6 Å². The number of hydrogen-bond donors (Lipinski definition) is 1. The molecule has 2 heterocycles. The molecule has 0 bridgehead atoms. The van der Waals surface area contributed by atoms with Crippen LogP contribution >= 0.6 is 0 Å². The third-order valence-corrected chi connectivity index (χ3v) is 4.19. The highest BCUT2D eigenvalue weighted by Gasteiger charge is 2.19. The summed E-state index contributed by atoms with van der Waals surface area (Å²) in [4.78, 5) is 21.6. The number of fused-ring (bicyclic) bond motifs is 1. The molecular weight excluding hydrogens is 320 g/mol. The molecule has 25 heavy (non-hydrogen) atoms. The fourth-order valence-electron chi connectivity index (χ4n) is 2.68. The lowest BCUT2D eigenvalue weighted by atomic mass is 10.1. The quantitative estimate of drug-likeness (QED) is 0.741. The Morgan fingerprint density at radius 1 is 1.36 bits per heavy atom. The highest BCUT2D eigenvalue weighted by molar-refractivity contribution is 5.80. The number of benzene rings is 1. The molecule has 3 aromatic rings. The lowest BCUT2D eigenvalue weighted by Gasteiger charge is -2.21. The number of aromatic nitrogens is 3. The predicted molar refractivity (Wildman–Crippen MR) is 94.7 cm³/mol. The lowest BCUT2D eigenvalue weighted by Crippen LogP contribution is -2.26. The van der Waals surface area contributed by atoms with Crippen molar-refractivity contribution in [3.05, 3.63) is 51.9 Å². The lowest BCUT2D eigenvalue weighted by molar-refractivity contribution is 0.202. The van der Waals surface area contributed by atoms with E-state index in [1.54, 1.807) is 6.92 Å². The third-order valence-electron chi connectivity index (χ3n) is 4.19. The maximum Gasteiger partial charge on any atom is 0.252 e. The molecule has 0 saturated heterocycles. The Morgan fingerprint density at radius 2 is 2.16 bits per heavy atom. The second-order valence-electron chi connectivity index (χ2n) is 6.08. The molecule has 0 aliphatic heterocycles. The first-order valence-electron chi connectivity index (χ1n) is 8.27. The van der Waals surface area contributed by atoms with Crippen LogP contribution in [0, 0.1) is 6.92 Å².